The summed E-state index contributed by atoms with van der Waals surface area (Å²) in [4.78, 5) is 1.74. The first kappa shape index (κ1) is 20.3. The molecule has 8 heteroatoms. The van der Waals surface area contributed by atoms with Crippen LogP contribution in [0.5, 0.6) is 0 Å². The molecule has 2 aromatic rings. The highest BCUT2D eigenvalue weighted by Crippen LogP contribution is 2.24. The van der Waals surface area contributed by atoms with E-state index in [1.165, 1.54) is 20.3 Å². The van der Waals surface area contributed by atoms with Gasteiger partial charge in [-0.1, -0.05) is 30.3 Å². The number of quaternary nitrogens is 1. The number of hydrogen-bond acceptors (Lipinski definition) is 4. The Bertz CT molecular complexity index is 992. The van der Waals surface area contributed by atoms with Gasteiger partial charge in [-0.05, 0) is 31.1 Å². The molecule has 156 valence electrons. The minimum absolute atomic E-state index is 0.358. The summed E-state index contributed by atoms with van der Waals surface area (Å²) in [6.45, 7) is 7.92. The zero-order valence-electron chi connectivity index (χ0n) is 17.1. The van der Waals surface area contributed by atoms with Crippen molar-refractivity contribution in [3.8, 4) is 0 Å². The van der Waals surface area contributed by atoms with Crippen LogP contribution in [0.4, 0.5) is 0 Å². The number of nitrogens with one attached hydrogen (secondary N) is 1. The molecule has 0 amide bonds. The van der Waals surface area contributed by atoms with Gasteiger partial charge in [-0.15, -0.1) is 0 Å². The fraction of sp³-hybridized carbons (Fsp3) is 0.476. The van der Waals surface area contributed by atoms with E-state index >= 15 is 0 Å². The maximum atomic E-state index is 13.1. The Kier molecular flexibility index (Phi) is 5.87. The minimum atomic E-state index is -3.54. The Morgan fingerprint density at radius 1 is 1.14 bits per heavy atom. The molecule has 1 aromatic carbocycles. The van der Waals surface area contributed by atoms with Gasteiger partial charge >= 0.3 is 0 Å². The molecule has 2 aliphatic rings. The maximum absolute atomic E-state index is 13.1. The smallest absolute Gasteiger partial charge is 0.246 e. The number of rotatable bonds is 5. The van der Waals surface area contributed by atoms with Crippen LogP contribution in [-0.4, -0.2) is 61.9 Å². The van der Waals surface area contributed by atoms with Gasteiger partial charge in [0.05, 0.1) is 37.7 Å². The second-order valence-corrected chi connectivity index (χ2v) is 9.60. The summed E-state index contributed by atoms with van der Waals surface area (Å²) in [6.07, 6.45) is 3.31. The summed E-state index contributed by atoms with van der Waals surface area (Å²) >= 11 is 0. The summed E-state index contributed by atoms with van der Waals surface area (Å²) in [5.74, 6) is 0. The maximum Gasteiger partial charge on any atom is 0.246 e. The molecule has 4 rings (SSSR count). The van der Waals surface area contributed by atoms with Crippen LogP contribution < -0.4 is 4.90 Å². The van der Waals surface area contributed by atoms with Crippen LogP contribution in [0.25, 0.3) is 5.57 Å². The zero-order valence-corrected chi connectivity index (χ0v) is 17.9. The molecule has 3 heterocycles. The van der Waals surface area contributed by atoms with Gasteiger partial charge in [0, 0.05) is 19.5 Å². The number of benzene rings is 1. The van der Waals surface area contributed by atoms with Gasteiger partial charge in [0.25, 0.3) is 0 Å². The summed E-state index contributed by atoms with van der Waals surface area (Å²) in [5.41, 5.74) is 3.97. The van der Waals surface area contributed by atoms with Crippen LogP contribution in [0.3, 0.4) is 0 Å². The molecule has 2 aliphatic heterocycles. The van der Waals surface area contributed by atoms with Crippen LogP contribution in [0.15, 0.2) is 41.3 Å². The lowest BCUT2D eigenvalue weighted by atomic mass is 10.00. The number of nitrogens with zero attached hydrogens (tertiary/aromatic N) is 3. The molecule has 0 radical (unpaired) electrons. The molecule has 1 aromatic heterocycles. The normalized spacial score (nSPS) is 21.2. The number of sulfonamides is 1. The summed E-state index contributed by atoms with van der Waals surface area (Å²) < 4.78 is 34.9. The molecule has 7 nitrogen and oxygen atoms in total. The molecule has 1 N–H and O–H groups in total. The van der Waals surface area contributed by atoms with Crippen molar-refractivity contribution >= 4 is 15.6 Å². The van der Waals surface area contributed by atoms with E-state index in [0.717, 1.165) is 25.2 Å². The quantitative estimate of drug-likeness (QED) is 0.783. The van der Waals surface area contributed by atoms with Gasteiger partial charge in [-0.3, -0.25) is 0 Å². The molecular formula is C21H29N4O3S+. The number of ether oxygens (including phenoxy) is 1. The van der Waals surface area contributed by atoms with E-state index in [9.17, 15) is 8.42 Å². The third-order valence-electron chi connectivity index (χ3n) is 5.79. The highest BCUT2D eigenvalue weighted by molar-refractivity contribution is 7.89. The van der Waals surface area contributed by atoms with Crippen molar-refractivity contribution in [2.24, 2.45) is 0 Å². The molecule has 1 atom stereocenters. The third-order valence-corrected chi connectivity index (χ3v) is 7.94. The Balaban J connectivity index is 1.50. The predicted octanol–water partition coefficient (Wildman–Crippen LogP) is 0.851. The Labute approximate surface area is 172 Å². The Morgan fingerprint density at radius 3 is 2.52 bits per heavy atom. The lowest BCUT2D eigenvalue weighted by Gasteiger charge is -2.26. The van der Waals surface area contributed by atoms with Crippen molar-refractivity contribution in [1.82, 2.24) is 14.1 Å². The molecule has 29 heavy (non-hydrogen) atoms. The first-order valence-electron chi connectivity index (χ1n) is 10.2. The van der Waals surface area contributed by atoms with Gasteiger partial charge in [0.1, 0.15) is 4.90 Å². The molecule has 1 unspecified atom stereocenters. The van der Waals surface area contributed by atoms with E-state index in [1.807, 2.05) is 17.7 Å². The van der Waals surface area contributed by atoms with Gasteiger partial charge in [-0.25, -0.2) is 13.1 Å². The second kappa shape index (κ2) is 8.39. The predicted molar refractivity (Wildman–Crippen MR) is 111 cm³/mol. The van der Waals surface area contributed by atoms with Crippen LogP contribution in [0.2, 0.25) is 0 Å². The van der Waals surface area contributed by atoms with Crippen molar-refractivity contribution in [3.05, 3.63) is 53.4 Å². The van der Waals surface area contributed by atoms with Crippen molar-refractivity contribution < 1.29 is 18.1 Å². The molecule has 0 bridgehead atoms. The fourth-order valence-electron chi connectivity index (χ4n) is 4.18. The average Bonchev–Trinajstić information content (AvgIpc) is 3.03. The number of aromatic nitrogens is 2. The molecular weight excluding hydrogens is 388 g/mol. The lowest BCUT2D eigenvalue weighted by molar-refractivity contribution is -0.918. The standard InChI is InChI=1S/C21H28N4O3S/c1-17-21(29(26,27)24-12-14-28-15-13-24)18(2)25(22-17)16-23-10-8-20(9-11-23)19-6-4-3-5-7-19/h3-8H,9-16H2,1-2H3/p+1. The lowest BCUT2D eigenvalue weighted by Crippen LogP contribution is -3.11. The summed E-state index contributed by atoms with van der Waals surface area (Å²) in [7, 11) is -3.54. The highest BCUT2D eigenvalue weighted by Gasteiger charge is 2.32. The van der Waals surface area contributed by atoms with E-state index in [0.29, 0.717) is 43.6 Å². The summed E-state index contributed by atoms with van der Waals surface area (Å²) in [5, 5.41) is 4.58. The fourth-order valence-corrected chi connectivity index (χ4v) is 5.96. The van der Waals surface area contributed by atoms with E-state index in [2.05, 4.69) is 35.4 Å². The van der Waals surface area contributed by atoms with Gasteiger partial charge in [0.2, 0.25) is 10.0 Å². The average molecular weight is 418 g/mol. The summed E-state index contributed by atoms with van der Waals surface area (Å²) in [6, 6.07) is 10.5. The minimum Gasteiger partial charge on any atom is -0.379 e. The molecule has 1 saturated heterocycles. The molecule has 1 fully saturated rings. The van der Waals surface area contributed by atoms with Crippen molar-refractivity contribution in [2.45, 2.75) is 31.8 Å². The van der Waals surface area contributed by atoms with Gasteiger partial charge < -0.3 is 9.64 Å². The van der Waals surface area contributed by atoms with Crippen molar-refractivity contribution in [3.63, 3.8) is 0 Å². The van der Waals surface area contributed by atoms with Crippen LogP contribution in [0.1, 0.15) is 23.4 Å². The molecule has 0 saturated carbocycles. The monoisotopic (exact) mass is 417 g/mol. The molecule has 0 spiro atoms. The number of hydrogen-bond donors (Lipinski definition) is 1. The van der Waals surface area contributed by atoms with Crippen LogP contribution in [0, 0.1) is 13.8 Å². The highest BCUT2D eigenvalue weighted by atomic mass is 32.2. The van der Waals surface area contributed by atoms with Gasteiger partial charge in [0.15, 0.2) is 6.67 Å². The first-order chi connectivity index (χ1) is 14.0. The zero-order chi connectivity index (χ0) is 20.4. The topological polar surface area (TPSA) is 68.9 Å². The van der Waals surface area contributed by atoms with E-state index in [-0.39, 0.29) is 0 Å². The van der Waals surface area contributed by atoms with E-state index < -0.39 is 10.0 Å². The Hall–Kier alpha value is -2.00. The van der Waals surface area contributed by atoms with Crippen molar-refractivity contribution in [1.29, 1.82) is 0 Å². The van der Waals surface area contributed by atoms with E-state index in [4.69, 9.17) is 4.74 Å². The number of aryl methyl sites for hydroxylation is 1. The van der Waals surface area contributed by atoms with Crippen LogP contribution in [-0.2, 0) is 21.4 Å². The van der Waals surface area contributed by atoms with E-state index in [1.54, 1.807) is 6.92 Å². The third kappa shape index (κ3) is 4.16. The number of morpholine rings is 1. The van der Waals surface area contributed by atoms with Crippen LogP contribution >= 0.6 is 0 Å². The largest absolute Gasteiger partial charge is 0.379 e. The second-order valence-electron chi connectivity index (χ2n) is 7.72. The van der Waals surface area contributed by atoms with Crippen molar-refractivity contribution in [2.75, 3.05) is 39.4 Å². The van der Waals surface area contributed by atoms with Gasteiger partial charge in [-0.2, -0.15) is 9.40 Å². The SMILES string of the molecule is Cc1nn(C[NH+]2CC=C(c3ccccc3)CC2)c(C)c1S(=O)(=O)N1CCOCC1. The molecule has 0 aliphatic carbocycles. The Morgan fingerprint density at radius 2 is 1.86 bits per heavy atom. The first-order valence-corrected chi connectivity index (χ1v) is 11.6.